The Morgan fingerprint density at radius 1 is 0.648 bits per heavy atom. The summed E-state index contributed by atoms with van der Waals surface area (Å²) in [6, 6.07) is -0.726. The lowest BCUT2D eigenvalue weighted by molar-refractivity contribution is -0.302. The van der Waals surface area contributed by atoms with Crippen molar-refractivity contribution in [3.05, 3.63) is 48.6 Å². The molecule has 54 heavy (non-hydrogen) atoms. The average molecular weight is 764 g/mol. The van der Waals surface area contributed by atoms with Crippen molar-refractivity contribution < 1.29 is 39.8 Å². The van der Waals surface area contributed by atoms with Crippen molar-refractivity contribution in [3.8, 4) is 0 Å². The van der Waals surface area contributed by atoms with E-state index in [2.05, 4.69) is 67.8 Å². The molecule has 0 bridgehead atoms. The minimum Gasteiger partial charge on any atom is -0.394 e. The molecule has 0 aliphatic carbocycles. The molecule has 7 atom stereocenters. The van der Waals surface area contributed by atoms with Gasteiger partial charge in [0.2, 0.25) is 5.91 Å². The fourth-order valence-electron chi connectivity index (χ4n) is 6.68. The first-order valence-corrected chi connectivity index (χ1v) is 21.8. The van der Waals surface area contributed by atoms with Gasteiger partial charge in [-0.1, -0.05) is 165 Å². The first-order chi connectivity index (χ1) is 26.3. The molecule has 1 aliphatic rings. The maximum atomic E-state index is 12.9. The van der Waals surface area contributed by atoms with Gasteiger partial charge in [-0.25, -0.2) is 0 Å². The summed E-state index contributed by atoms with van der Waals surface area (Å²) >= 11 is 0. The van der Waals surface area contributed by atoms with Crippen molar-refractivity contribution in [1.82, 2.24) is 5.32 Å². The van der Waals surface area contributed by atoms with Crippen LogP contribution in [0.25, 0.3) is 0 Å². The zero-order valence-electron chi connectivity index (χ0n) is 34.2. The van der Waals surface area contributed by atoms with E-state index >= 15 is 0 Å². The molecule has 0 radical (unpaired) electrons. The SMILES string of the molecule is CC/C=C\C/C=C\C/C=C\C/C=C\CCCCCCCCC(=O)NC(COC1OC(CO)C(O)C(O)C1O)C(O)CCCCCCCCCCCCCC. The fraction of sp³-hybridized carbons (Fsp3) is 0.800. The van der Waals surface area contributed by atoms with Gasteiger partial charge in [-0.3, -0.25) is 4.79 Å². The van der Waals surface area contributed by atoms with Crippen molar-refractivity contribution in [2.45, 2.75) is 217 Å². The number of nitrogens with one attached hydrogen (secondary N) is 1. The van der Waals surface area contributed by atoms with Gasteiger partial charge >= 0.3 is 0 Å². The molecule has 7 unspecified atom stereocenters. The van der Waals surface area contributed by atoms with Crippen molar-refractivity contribution in [1.29, 1.82) is 0 Å². The van der Waals surface area contributed by atoms with E-state index in [4.69, 9.17) is 9.47 Å². The molecule has 1 fully saturated rings. The van der Waals surface area contributed by atoms with Crippen LogP contribution < -0.4 is 5.32 Å². The molecule has 0 saturated carbocycles. The summed E-state index contributed by atoms with van der Waals surface area (Å²) in [5.41, 5.74) is 0. The summed E-state index contributed by atoms with van der Waals surface area (Å²) in [6.07, 6.45) is 36.8. The second-order valence-corrected chi connectivity index (χ2v) is 15.1. The van der Waals surface area contributed by atoms with Gasteiger partial charge in [0.25, 0.3) is 0 Å². The van der Waals surface area contributed by atoms with E-state index in [0.29, 0.717) is 12.8 Å². The number of amides is 1. The lowest BCUT2D eigenvalue weighted by Crippen LogP contribution is -2.60. The molecular formula is C45H81NO8. The third kappa shape index (κ3) is 26.1. The number of carbonyl (C=O) groups excluding carboxylic acids is 1. The van der Waals surface area contributed by atoms with Crippen molar-refractivity contribution in [2.75, 3.05) is 13.2 Å². The zero-order valence-corrected chi connectivity index (χ0v) is 34.2. The highest BCUT2D eigenvalue weighted by Gasteiger charge is 2.44. The van der Waals surface area contributed by atoms with Gasteiger partial charge in [0.1, 0.15) is 24.4 Å². The van der Waals surface area contributed by atoms with Gasteiger partial charge in [-0.05, 0) is 51.4 Å². The fourth-order valence-corrected chi connectivity index (χ4v) is 6.68. The number of rotatable bonds is 35. The van der Waals surface area contributed by atoms with E-state index < -0.39 is 49.5 Å². The maximum Gasteiger partial charge on any atom is 0.220 e. The second kappa shape index (κ2) is 35.6. The van der Waals surface area contributed by atoms with Crippen LogP contribution in [0, 0.1) is 0 Å². The lowest BCUT2D eigenvalue weighted by atomic mass is 9.99. The van der Waals surface area contributed by atoms with Crippen LogP contribution in [0.4, 0.5) is 0 Å². The quantitative estimate of drug-likeness (QED) is 0.0278. The Kier molecular flexibility index (Phi) is 33.0. The molecule has 9 heteroatoms. The highest BCUT2D eigenvalue weighted by atomic mass is 16.7. The Hall–Kier alpha value is -1.85. The lowest BCUT2D eigenvalue weighted by Gasteiger charge is -2.40. The Labute approximate surface area is 329 Å². The molecule has 6 N–H and O–H groups in total. The number of ether oxygens (including phenoxy) is 2. The van der Waals surface area contributed by atoms with Gasteiger partial charge < -0.3 is 40.3 Å². The number of aliphatic hydroxyl groups excluding tert-OH is 5. The number of aliphatic hydroxyl groups is 5. The Morgan fingerprint density at radius 3 is 1.70 bits per heavy atom. The number of hydrogen-bond acceptors (Lipinski definition) is 8. The number of hydrogen-bond donors (Lipinski definition) is 6. The summed E-state index contributed by atoms with van der Waals surface area (Å²) in [7, 11) is 0. The summed E-state index contributed by atoms with van der Waals surface area (Å²) in [5, 5.41) is 54.2. The number of unbranched alkanes of at least 4 members (excludes halogenated alkanes) is 17. The summed E-state index contributed by atoms with van der Waals surface area (Å²) in [5.74, 6) is -0.162. The van der Waals surface area contributed by atoms with E-state index in [1.165, 1.54) is 70.6 Å². The van der Waals surface area contributed by atoms with E-state index in [1.807, 2.05) is 0 Å². The molecule has 1 aliphatic heterocycles. The second-order valence-electron chi connectivity index (χ2n) is 15.1. The van der Waals surface area contributed by atoms with Crippen LogP contribution in [0.3, 0.4) is 0 Å². The third-order valence-corrected chi connectivity index (χ3v) is 10.2. The summed E-state index contributed by atoms with van der Waals surface area (Å²) in [4.78, 5) is 12.9. The molecule has 0 aromatic rings. The highest BCUT2D eigenvalue weighted by molar-refractivity contribution is 5.76. The van der Waals surface area contributed by atoms with Crippen molar-refractivity contribution >= 4 is 5.91 Å². The van der Waals surface area contributed by atoms with Crippen molar-refractivity contribution in [3.63, 3.8) is 0 Å². The maximum absolute atomic E-state index is 12.9. The molecule has 0 spiro atoms. The van der Waals surface area contributed by atoms with Crippen LogP contribution in [0.2, 0.25) is 0 Å². The predicted octanol–water partition coefficient (Wildman–Crippen LogP) is 8.67. The number of allylic oxidation sites excluding steroid dienone is 8. The largest absolute Gasteiger partial charge is 0.394 e. The highest BCUT2D eigenvalue weighted by Crippen LogP contribution is 2.23. The molecule has 0 aromatic carbocycles. The zero-order chi connectivity index (χ0) is 39.5. The van der Waals surface area contributed by atoms with Gasteiger partial charge in [-0.15, -0.1) is 0 Å². The minimum atomic E-state index is -1.56. The van der Waals surface area contributed by atoms with Crippen LogP contribution in [0.15, 0.2) is 48.6 Å². The van der Waals surface area contributed by atoms with Crippen LogP contribution in [0.5, 0.6) is 0 Å². The Balaban J connectivity index is 2.35. The minimum absolute atomic E-state index is 0.146. The standard InChI is InChI=1S/C45H81NO8/c1-3-5-7-9-11-13-15-17-18-19-20-21-22-23-25-27-29-31-33-35-41(49)46-38(37-53-45-44(52)43(51)42(50)40(36-47)54-45)39(48)34-32-30-28-26-24-16-14-12-10-8-6-4-2/h5,7,11,13,17-18,20-21,38-40,42-45,47-48,50-52H,3-4,6,8-10,12,14-16,19,22-37H2,1-2H3,(H,46,49)/b7-5-,13-11-,18-17-,21-20-. The smallest absolute Gasteiger partial charge is 0.220 e. The normalized spacial score (nSPS) is 21.9. The van der Waals surface area contributed by atoms with E-state index in [1.54, 1.807) is 0 Å². The van der Waals surface area contributed by atoms with E-state index in [-0.39, 0.29) is 12.5 Å². The Bertz CT molecular complexity index is 983. The summed E-state index contributed by atoms with van der Waals surface area (Å²) < 4.78 is 11.2. The van der Waals surface area contributed by atoms with Gasteiger partial charge in [-0.2, -0.15) is 0 Å². The van der Waals surface area contributed by atoms with Crippen LogP contribution in [-0.2, 0) is 14.3 Å². The molecule has 9 nitrogen and oxygen atoms in total. The van der Waals surface area contributed by atoms with E-state index in [9.17, 15) is 30.3 Å². The van der Waals surface area contributed by atoms with Gasteiger partial charge in [0.05, 0.1) is 25.4 Å². The topological polar surface area (TPSA) is 149 Å². The molecule has 314 valence electrons. The monoisotopic (exact) mass is 764 g/mol. The predicted molar refractivity (Wildman–Crippen MR) is 221 cm³/mol. The van der Waals surface area contributed by atoms with Crippen LogP contribution in [0.1, 0.15) is 174 Å². The first-order valence-electron chi connectivity index (χ1n) is 21.8. The third-order valence-electron chi connectivity index (χ3n) is 10.2. The molecule has 1 amide bonds. The van der Waals surface area contributed by atoms with Gasteiger partial charge in [0, 0.05) is 6.42 Å². The average Bonchev–Trinajstić information content (AvgIpc) is 3.17. The molecular weight excluding hydrogens is 682 g/mol. The van der Waals surface area contributed by atoms with Crippen LogP contribution >= 0.6 is 0 Å². The first kappa shape index (κ1) is 50.2. The summed E-state index contributed by atoms with van der Waals surface area (Å²) in [6.45, 7) is 3.69. The Morgan fingerprint density at radius 2 is 1.15 bits per heavy atom. The van der Waals surface area contributed by atoms with E-state index in [0.717, 1.165) is 77.0 Å². The molecule has 1 heterocycles. The molecule has 1 saturated heterocycles. The molecule has 1 rings (SSSR count). The van der Waals surface area contributed by atoms with Gasteiger partial charge in [0.15, 0.2) is 6.29 Å². The number of carbonyl (C=O) groups is 1. The van der Waals surface area contributed by atoms with Crippen LogP contribution in [-0.4, -0.2) is 87.5 Å². The van der Waals surface area contributed by atoms with Crippen molar-refractivity contribution in [2.24, 2.45) is 0 Å². The molecule has 0 aromatic heterocycles.